The van der Waals surface area contributed by atoms with Gasteiger partial charge < -0.3 is 26.9 Å². The number of rotatable bonds is 5. The van der Waals surface area contributed by atoms with Gasteiger partial charge in [0.1, 0.15) is 17.7 Å². The van der Waals surface area contributed by atoms with E-state index in [2.05, 4.69) is 47.5 Å². The SMILES string of the molecule is CC1(C)CCN(C2(C)N=CC=C(/C(N)=N/OC[C@H]3CCCc4sc(N)c(C#N)c43)N2)CCN1. The molecule has 0 radical (unpaired) electrons. The topological polar surface area (TPSA) is 137 Å². The van der Waals surface area contributed by atoms with Crippen LogP contribution in [0.25, 0.3) is 0 Å². The van der Waals surface area contributed by atoms with Gasteiger partial charge in [-0.05, 0) is 58.1 Å². The molecule has 0 bridgehead atoms. The Morgan fingerprint density at radius 1 is 1.42 bits per heavy atom. The second kappa shape index (κ2) is 9.33. The van der Waals surface area contributed by atoms with Crippen LogP contribution in [0.4, 0.5) is 5.00 Å². The van der Waals surface area contributed by atoms with Crippen LogP contribution in [0, 0.1) is 11.3 Å². The van der Waals surface area contributed by atoms with Crippen molar-refractivity contribution in [2.75, 3.05) is 32.0 Å². The van der Waals surface area contributed by atoms with Crippen LogP contribution in [-0.2, 0) is 11.3 Å². The standard InChI is InChI=1S/C23H34N8OS/c1-22(2)8-11-31(12-10-27-22)23(3)28-9-7-17(29-23)20(25)30-32-14-15-5-4-6-18-19(15)16(13-24)21(26)33-18/h7,9,15,27,29H,4-6,8,10-12,14,26H2,1-3H3,(H2,25,30)/t15-,23?/m1/s1. The van der Waals surface area contributed by atoms with E-state index in [-0.39, 0.29) is 17.3 Å². The number of nitrogens with two attached hydrogens (primary N) is 2. The molecule has 1 fully saturated rings. The predicted octanol–water partition coefficient (Wildman–Crippen LogP) is 2.22. The zero-order valence-corrected chi connectivity index (χ0v) is 20.5. The van der Waals surface area contributed by atoms with E-state index >= 15 is 0 Å². The predicted molar refractivity (Wildman–Crippen MR) is 133 cm³/mol. The molecule has 1 unspecified atom stereocenters. The van der Waals surface area contributed by atoms with Gasteiger partial charge in [0.15, 0.2) is 11.6 Å². The molecule has 1 aliphatic carbocycles. The van der Waals surface area contributed by atoms with Crippen LogP contribution < -0.4 is 22.1 Å². The lowest BCUT2D eigenvalue weighted by Gasteiger charge is -2.40. The number of hydrogen-bond acceptors (Lipinski definition) is 9. The van der Waals surface area contributed by atoms with Crippen molar-refractivity contribution in [2.24, 2.45) is 15.9 Å². The van der Waals surface area contributed by atoms with E-state index in [0.717, 1.165) is 50.9 Å². The van der Waals surface area contributed by atoms with Gasteiger partial charge >= 0.3 is 0 Å². The van der Waals surface area contributed by atoms with Crippen LogP contribution in [0.2, 0.25) is 0 Å². The summed E-state index contributed by atoms with van der Waals surface area (Å²) in [6, 6.07) is 2.26. The molecule has 1 saturated heterocycles. The number of fused-ring (bicyclic) bond motifs is 1. The van der Waals surface area contributed by atoms with Crippen molar-refractivity contribution in [2.45, 2.75) is 63.7 Å². The maximum atomic E-state index is 9.52. The number of allylic oxidation sites excluding steroid dienone is 1. The number of oxime groups is 1. The number of aryl methyl sites for hydroxylation is 1. The molecule has 2 atom stereocenters. The van der Waals surface area contributed by atoms with Crippen molar-refractivity contribution in [1.82, 2.24) is 15.5 Å². The third kappa shape index (κ3) is 5.00. The second-order valence-electron chi connectivity index (χ2n) is 9.70. The van der Waals surface area contributed by atoms with Crippen molar-refractivity contribution in [3.63, 3.8) is 0 Å². The summed E-state index contributed by atoms with van der Waals surface area (Å²) in [5.74, 6) is -0.218. The molecule has 4 rings (SSSR count). The summed E-state index contributed by atoms with van der Waals surface area (Å²) in [5, 5.41) is 21.3. The molecule has 6 N–H and O–H groups in total. The number of nitrogen functional groups attached to an aromatic ring is 1. The minimum atomic E-state index is -0.597. The van der Waals surface area contributed by atoms with Gasteiger partial charge in [-0.3, -0.25) is 9.89 Å². The third-order valence-electron chi connectivity index (χ3n) is 6.79. The van der Waals surface area contributed by atoms with Gasteiger partial charge in [0.2, 0.25) is 0 Å². The number of hydrogen-bond donors (Lipinski definition) is 4. The normalized spacial score (nSPS) is 27.6. The fourth-order valence-corrected chi connectivity index (χ4v) is 5.93. The molecule has 3 aliphatic rings. The van der Waals surface area contributed by atoms with Crippen LogP contribution >= 0.6 is 11.3 Å². The van der Waals surface area contributed by atoms with Gasteiger partial charge in [0, 0.05) is 42.2 Å². The highest BCUT2D eigenvalue weighted by atomic mass is 32.1. The average Bonchev–Trinajstić information content (AvgIpc) is 2.99. The summed E-state index contributed by atoms with van der Waals surface area (Å²) in [4.78, 5) is 13.9. The van der Waals surface area contributed by atoms with Crippen molar-refractivity contribution >= 4 is 28.4 Å². The Bertz CT molecular complexity index is 1020. The maximum Gasteiger partial charge on any atom is 0.186 e. The first kappa shape index (κ1) is 23.5. The molecule has 2 aliphatic heterocycles. The number of nitrogens with zero attached hydrogens (tertiary/aromatic N) is 4. The first-order chi connectivity index (χ1) is 15.7. The lowest BCUT2D eigenvalue weighted by Crippen LogP contribution is -2.58. The smallest absolute Gasteiger partial charge is 0.186 e. The number of thiophene rings is 1. The highest BCUT2D eigenvalue weighted by molar-refractivity contribution is 7.16. The van der Waals surface area contributed by atoms with Crippen molar-refractivity contribution in [3.8, 4) is 6.07 Å². The molecule has 1 aromatic heterocycles. The van der Waals surface area contributed by atoms with E-state index in [0.29, 0.717) is 22.9 Å². The Morgan fingerprint density at radius 3 is 3.03 bits per heavy atom. The van der Waals surface area contributed by atoms with Crippen molar-refractivity contribution in [3.05, 3.63) is 27.8 Å². The van der Waals surface area contributed by atoms with E-state index < -0.39 is 5.79 Å². The molecule has 0 amide bonds. The Labute approximate surface area is 199 Å². The molecular weight excluding hydrogens is 436 g/mol. The quantitative estimate of drug-likeness (QED) is 0.294. The van der Waals surface area contributed by atoms with Crippen LogP contribution in [0.1, 0.15) is 62.0 Å². The van der Waals surface area contributed by atoms with E-state index in [1.54, 1.807) is 6.21 Å². The molecule has 10 heteroatoms. The van der Waals surface area contributed by atoms with E-state index in [1.165, 1.54) is 16.2 Å². The van der Waals surface area contributed by atoms with E-state index in [1.807, 2.05) is 6.08 Å². The molecule has 33 heavy (non-hydrogen) atoms. The Kier molecular flexibility index (Phi) is 6.66. The first-order valence-electron chi connectivity index (χ1n) is 11.5. The average molecular weight is 471 g/mol. The lowest BCUT2D eigenvalue weighted by molar-refractivity contribution is 0.0937. The highest BCUT2D eigenvalue weighted by Gasteiger charge is 2.36. The molecule has 178 valence electrons. The van der Waals surface area contributed by atoms with Crippen LogP contribution in [-0.4, -0.2) is 54.5 Å². The zero-order valence-electron chi connectivity index (χ0n) is 19.6. The fraction of sp³-hybridized carbons (Fsp3) is 0.609. The number of anilines is 1. The Balaban J connectivity index is 1.40. The summed E-state index contributed by atoms with van der Waals surface area (Å²) in [7, 11) is 0. The lowest BCUT2D eigenvalue weighted by atomic mass is 9.86. The van der Waals surface area contributed by atoms with Crippen molar-refractivity contribution < 1.29 is 4.84 Å². The van der Waals surface area contributed by atoms with Gasteiger partial charge in [-0.1, -0.05) is 5.16 Å². The van der Waals surface area contributed by atoms with Crippen LogP contribution in [0.3, 0.4) is 0 Å². The number of amidine groups is 1. The summed E-state index contributed by atoms with van der Waals surface area (Å²) >= 11 is 1.52. The maximum absolute atomic E-state index is 9.52. The minimum Gasteiger partial charge on any atom is -0.393 e. The van der Waals surface area contributed by atoms with Crippen LogP contribution in [0.5, 0.6) is 0 Å². The molecule has 3 heterocycles. The zero-order chi connectivity index (χ0) is 23.6. The van der Waals surface area contributed by atoms with Gasteiger partial charge in [-0.25, -0.2) is 0 Å². The number of nitrogens with one attached hydrogen (secondary N) is 2. The molecule has 1 aromatic rings. The van der Waals surface area contributed by atoms with Crippen LogP contribution in [0.15, 0.2) is 21.9 Å². The van der Waals surface area contributed by atoms with Gasteiger partial charge in [-0.2, -0.15) is 5.26 Å². The fourth-order valence-electron chi connectivity index (χ4n) is 4.79. The summed E-state index contributed by atoms with van der Waals surface area (Å²) in [6.45, 7) is 9.55. The Hall–Kier alpha value is -2.61. The monoisotopic (exact) mass is 470 g/mol. The second-order valence-corrected chi connectivity index (χ2v) is 10.8. The molecule has 9 nitrogen and oxygen atoms in total. The van der Waals surface area contributed by atoms with Crippen molar-refractivity contribution in [1.29, 1.82) is 5.26 Å². The van der Waals surface area contributed by atoms with Gasteiger partial charge in [0.05, 0.1) is 11.3 Å². The summed E-state index contributed by atoms with van der Waals surface area (Å²) in [6.07, 6.45) is 7.57. The minimum absolute atomic E-state index is 0.0987. The first-order valence-corrected chi connectivity index (χ1v) is 12.3. The summed E-state index contributed by atoms with van der Waals surface area (Å²) < 4.78 is 0. The third-order valence-corrected chi connectivity index (χ3v) is 7.88. The molecule has 0 aromatic carbocycles. The Morgan fingerprint density at radius 2 is 2.24 bits per heavy atom. The molecule has 0 spiro atoms. The number of aliphatic imine (C=N–C) groups is 1. The largest absolute Gasteiger partial charge is 0.393 e. The van der Waals surface area contributed by atoms with E-state index in [4.69, 9.17) is 21.3 Å². The number of nitriles is 1. The summed E-state index contributed by atoms with van der Waals surface area (Å²) in [5.41, 5.74) is 14.7. The van der Waals surface area contributed by atoms with Gasteiger partial charge in [-0.15, -0.1) is 11.3 Å². The molecule has 0 saturated carbocycles. The molecular formula is C23H34N8OS. The van der Waals surface area contributed by atoms with E-state index in [9.17, 15) is 5.26 Å². The highest BCUT2D eigenvalue weighted by Crippen LogP contribution is 2.42. The van der Waals surface area contributed by atoms with Gasteiger partial charge in [0.25, 0.3) is 0 Å².